The van der Waals surface area contributed by atoms with Crippen molar-refractivity contribution in [3.63, 3.8) is 0 Å². The van der Waals surface area contributed by atoms with Crippen LogP contribution in [0.3, 0.4) is 0 Å². The van der Waals surface area contributed by atoms with Gasteiger partial charge in [-0.25, -0.2) is 18.7 Å². The molecule has 0 aliphatic rings. The van der Waals surface area contributed by atoms with Gasteiger partial charge >= 0.3 is 0 Å². The van der Waals surface area contributed by atoms with E-state index in [1.165, 1.54) is 50.5 Å². The zero-order chi connectivity index (χ0) is 23.7. The fourth-order valence-electron chi connectivity index (χ4n) is 3.89. The molecule has 0 aliphatic heterocycles. The van der Waals surface area contributed by atoms with Crippen LogP contribution in [-0.2, 0) is 6.42 Å². The molecule has 1 aromatic carbocycles. The summed E-state index contributed by atoms with van der Waals surface area (Å²) in [5, 5.41) is 0. The smallest absolute Gasteiger partial charge is 0.159 e. The van der Waals surface area contributed by atoms with Crippen LogP contribution >= 0.6 is 0 Å². The molecule has 2 atom stereocenters. The number of halogens is 2. The van der Waals surface area contributed by atoms with E-state index >= 15 is 0 Å². The quantitative estimate of drug-likeness (QED) is 0.209. The lowest BCUT2D eigenvalue weighted by Gasteiger charge is -2.12. The number of unbranched alkanes of at least 4 members (excludes halogenated alkanes) is 7. The molecular weight excluding hydrogens is 418 g/mol. The van der Waals surface area contributed by atoms with Gasteiger partial charge in [-0.15, -0.1) is 0 Å². The number of hydrogen-bond acceptors (Lipinski definition) is 3. The molecule has 2 aromatic rings. The highest BCUT2D eigenvalue weighted by atomic mass is 19.1. The maximum absolute atomic E-state index is 13.9. The summed E-state index contributed by atoms with van der Waals surface area (Å²) in [4.78, 5) is 8.76. The number of rotatable bonds is 18. The van der Waals surface area contributed by atoms with Crippen LogP contribution in [0.5, 0.6) is 5.75 Å². The largest absolute Gasteiger partial charge is 0.490 e. The number of ether oxygens (including phenoxy) is 1. The van der Waals surface area contributed by atoms with E-state index in [1.54, 1.807) is 12.4 Å². The SMILES string of the molecule is CCCCCCCCCc1ccc(-c2ncc(OCCC(F)CC(F)CCCC)cn2)cc1. The van der Waals surface area contributed by atoms with E-state index in [0.29, 0.717) is 18.0 Å². The molecule has 0 N–H and O–H groups in total. The van der Waals surface area contributed by atoms with Gasteiger partial charge in [-0.3, -0.25) is 0 Å². The second-order valence-electron chi connectivity index (χ2n) is 9.02. The highest BCUT2D eigenvalue weighted by Crippen LogP contribution is 2.20. The fraction of sp³-hybridized carbons (Fsp3) is 0.643. The van der Waals surface area contributed by atoms with Crippen molar-refractivity contribution in [1.82, 2.24) is 9.97 Å². The van der Waals surface area contributed by atoms with Crippen LogP contribution in [-0.4, -0.2) is 28.9 Å². The molecule has 5 heteroatoms. The number of alkyl halides is 2. The molecule has 0 radical (unpaired) electrons. The molecule has 0 bridgehead atoms. The Hall–Kier alpha value is -2.04. The minimum Gasteiger partial charge on any atom is -0.490 e. The third kappa shape index (κ3) is 11.6. The first-order valence-electron chi connectivity index (χ1n) is 12.9. The highest BCUT2D eigenvalue weighted by Gasteiger charge is 2.15. The summed E-state index contributed by atoms with van der Waals surface area (Å²) in [6, 6.07) is 8.43. The summed E-state index contributed by atoms with van der Waals surface area (Å²) in [5.74, 6) is 1.15. The number of aromatic nitrogens is 2. The van der Waals surface area contributed by atoms with Crippen LogP contribution in [0, 0.1) is 0 Å². The van der Waals surface area contributed by atoms with E-state index in [2.05, 4.69) is 41.2 Å². The lowest BCUT2D eigenvalue weighted by molar-refractivity contribution is 0.175. The highest BCUT2D eigenvalue weighted by molar-refractivity contribution is 5.55. The maximum atomic E-state index is 13.9. The molecule has 2 rings (SSSR count). The van der Waals surface area contributed by atoms with Crippen molar-refractivity contribution in [3.05, 3.63) is 42.2 Å². The predicted octanol–water partition coefficient (Wildman–Crippen LogP) is 8.46. The van der Waals surface area contributed by atoms with Crippen LogP contribution in [0.25, 0.3) is 11.4 Å². The Morgan fingerprint density at radius 3 is 2.03 bits per heavy atom. The molecule has 0 spiro atoms. The molecule has 0 saturated heterocycles. The molecule has 184 valence electrons. The number of nitrogens with zero attached hydrogens (tertiary/aromatic N) is 2. The second-order valence-corrected chi connectivity index (χ2v) is 9.02. The van der Waals surface area contributed by atoms with Gasteiger partial charge in [-0.1, -0.05) is 89.5 Å². The first-order valence-corrected chi connectivity index (χ1v) is 12.9. The van der Waals surface area contributed by atoms with Gasteiger partial charge in [0.15, 0.2) is 11.6 Å². The van der Waals surface area contributed by atoms with Gasteiger partial charge in [0.2, 0.25) is 0 Å². The first kappa shape index (κ1) is 27.2. The van der Waals surface area contributed by atoms with E-state index in [1.807, 2.05) is 6.92 Å². The summed E-state index contributed by atoms with van der Waals surface area (Å²) in [5.41, 5.74) is 2.31. The lowest BCUT2D eigenvalue weighted by atomic mass is 10.0. The van der Waals surface area contributed by atoms with Crippen molar-refractivity contribution in [1.29, 1.82) is 0 Å². The fourth-order valence-corrected chi connectivity index (χ4v) is 3.89. The molecule has 33 heavy (non-hydrogen) atoms. The van der Waals surface area contributed by atoms with E-state index in [4.69, 9.17) is 4.74 Å². The summed E-state index contributed by atoms with van der Waals surface area (Å²) < 4.78 is 33.1. The van der Waals surface area contributed by atoms with Crippen molar-refractivity contribution in [2.45, 2.75) is 110 Å². The Morgan fingerprint density at radius 1 is 0.758 bits per heavy atom. The Kier molecular flexibility index (Phi) is 13.6. The van der Waals surface area contributed by atoms with Crippen LogP contribution in [0.4, 0.5) is 8.78 Å². The van der Waals surface area contributed by atoms with E-state index in [9.17, 15) is 8.78 Å². The van der Waals surface area contributed by atoms with Crippen LogP contribution in [0.15, 0.2) is 36.7 Å². The van der Waals surface area contributed by atoms with Crippen LogP contribution < -0.4 is 4.74 Å². The Balaban J connectivity index is 1.68. The van der Waals surface area contributed by atoms with E-state index < -0.39 is 12.3 Å². The van der Waals surface area contributed by atoms with Gasteiger partial charge in [0.1, 0.15) is 12.3 Å². The van der Waals surface area contributed by atoms with Crippen molar-refractivity contribution in [3.8, 4) is 17.1 Å². The normalized spacial score (nSPS) is 13.1. The minimum absolute atomic E-state index is 0.0479. The maximum Gasteiger partial charge on any atom is 0.159 e. The summed E-state index contributed by atoms with van der Waals surface area (Å²) in [6.07, 6.45) is 13.6. The van der Waals surface area contributed by atoms with Crippen molar-refractivity contribution >= 4 is 0 Å². The molecule has 0 amide bonds. The van der Waals surface area contributed by atoms with Gasteiger partial charge < -0.3 is 4.74 Å². The molecule has 1 aromatic heterocycles. The van der Waals surface area contributed by atoms with Gasteiger partial charge in [0, 0.05) is 18.4 Å². The van der Waals surface area contributed by atoms with Crippen LogP contribution in [0.1, 0.15) is 96.5 Å². The van der Waals surface area contributed by atoms with E-state index in [-0.39, 0.29) is 19.4 Å². The first-order chi connectivity index (χ1) is 16.1. The Labute approximate surface area is 199 Å². The third-order valence-corrected chi connectivity index (χ3v) is 5.99. The molecule has 3 nitrogen and oxygen atoms in total. The number of benzene rings is 1. The van der Waals surface area contributed by atoms with Crippen molar-refractivity contribution in [2.75, 3.05) is 6.61 Å². The monoisotopic (exact) mass is 460 g/mol. The standard InChI is InChI=1S/C28H42F2N2O/c1-3-5-7-8-9-10-11-12-23-14-16-24(17-15-23)28-31-21-27(22-32-28)33-19-18-26(30)20-25(29)13-6-4-2/h14-17,21-22,25-26H,3-13,18-20H2,1-2H3. The van der Waals surface area contributed by atoms with E-state index in [0.717, 1.165) is 24.8 Å². The topological polar surface area (TPSA) is 35.0 Å². The Morgan fingerprint density at radius 2 is 1.36 bits per heavy atom. The lowest BCUT2D eigenvalue weighted by Crippen LogP contribution is -2.14. The molecule has 0 aliphatic carbocycles. The predicted molar refractivity (Wildman–Crippen MR) is 133 cm³/mol. The van der Waals surface area contributed by atoms with Crippen LogP contribution in [0.2, 0.25) is 0 Å². The van der Waals surface area contributed by atoms with Gasteiger partial charge in [0.05, 0.1) is 19.0 Å². The number of aryl methyl sites for hydroxylation is 1. The molecule has 0 fully saturated rings. The second kappa shape index (κ2) is 16.6. The van der Waals surface area contributed by atoms with Crippen molar-refractivity contribution < 1.29 is 13.5 Å². The zero-order valence-corrected chi connectivity index (χ0v) is 20.6. The third-order valence-electron chi connectivity index (χ3n) is 5.99. The zero-order valence-electron chi connectivity index (χ0n) is 20.6. The average Bonchev–Trinajstić information content (AvgIpc) is 2.83. The molecular formula is C28H42F2N2O. The molecule has 1 heterocycles. The summed E-state index contributed by atoms with van der Waals surface area (Å²) in [7, 11) is 0. The average molecular weight is 461 g/mol. The minimum atomic E-state index is -1.18. The van der Waals surface area contributed by atoms with Gasteiger partial charge in [-0.2, -0.15) is 0 Å². The van der Waals surface area contributed by atoms with Gasteiger partial charge in [-0.05, 0) is 24.8 Å². The number of hydrogen-bond donors (Lipinski definition) is 0. The summed E-state index contributed by atoms with van der Waals surface area (Å²) in [6.45, 7) is 4.45. The Bertz CT molecular complexity index is 737. The molecule has 2 unspecified atom stereocenters. The summed E-state index contributed by atoms with van der Waals surface area (Å²) >= 11 is 0. The van der Waals surface area contributed by atoms with Crippen molar-refractivity contribution in [2.24, 2.45) is 0 Å². The van der Waals surface area contributed by atoms with Gasteiger partial charge in [0.25, 0.3) is 0 Å². The molecule has 0 saturated carbocycles.